The summed E-state index contributed by atoms with van der Waals surface area (Å²) in [6, 6.07) is 6.96. The van der Waals surface area contributed by atoms with Crippen LogP contribution in [0, 0.1) is 11.2 Å². The first-order chi connectivity index (χ1) is 8.30. The van der Waals surface area contributed by atoms with E-state index in [2.05, 4.69) is 45.1 Å². The Balaban J connectivity index is 2.53. The van der Waals surface area contributed by atoms with Crippen LogP contribution in [-0.2, 0) is 0 Å². The quantitative estimate of drug-likeness (QED) is 0.837. The monoisotopic (exact) mass is 252 g/mol. The van der Waals surface area contributed by atoms with E-state index >= 15 is 0 Å². The molecule has 0 radical (unpaired) electrons. The minimum absolute atomic E-state index is 0.169. The highest BCUT2D eigenvalue weighted by atomic mass is 19.1. The Labute approximate surface area is 110 Å². The standard InChI is InChI=1S/C15H25FN2/c1-12(13-7-6-8-14(16)9-13)17-10-15(2,3)11-18(4)5/h6-9,12,17H,10-11H2,1-5H3. The van der Waals surface area contributed by atoms with Crippen LogP contribution < -0.4 is 5.32 Å². The zero-order valence-corrected chi connectivity index (χ0v) is 12.1. The predicted molar refractivity (Wildman–Crippen MR) is 75.2 cm³/mol. The molecule has 1 aromatic rings. The van der Waals surface area contributed by atoms with Crippen molar-refractivity contribution < 1.29 is 4.39 Å². The molecule has 0 aliphatic carbocycles. The molecule has 2 nitrogen and oxygen atoms in total. The van der Waals surface area contributed by atoms with Gasteiger partial charge in [-0.3, -0.25) is 0 Å². The van der Waals surface area contributed by atoms with Gasteiger partial charge in [0.25, 0.3) is 0 Å². The molecule has 0 aliphatic heterocycles. The second kappa shape index (κ2) is 6.30. The summed E-state index contributed by atoms with van der Waals surface area (Å²) in [6.07, 6.45) is 0. The normalized spacial score (nSPS) is 13.9. The van der Waals surface area contributed by atoms with Crippen LogP contribution in [0.2, 0.25) is 0 Å². The van der Waals surface area contributed by atoms with Gasteiger partial charge in [-0.2, -0.15) is 0 Å². The Morgan fingerprint density at radius 3 is 2.56 bits per heavy atom. The summed E-state index contributed by atoms with van der Waals surface area (Å²) in [4.78, 5) is 2.19. The number of rotatable bonds is 6. The van der Waals surface area contributed by atoms with Crippen LogP contribution in [0.3, 0.4) is 0 Å². The van der Waals surface area contributed by atoms with Gasteiger partial charge in [-0.05, 0) is 44.1 Å². The lowest BCUT2D eigenvalue weighted by Crippen LogP contribution is -2.38. The molecule has 1 atom stereocenters. The van der Waals surface area contributed by atoms with E-state index in [9.17, 15) is 4.39 Å². The lowest BCUT2D eigenvalue weighted by molar-refractivity contribution is 0.227. The van der Waals surface area contributed by atoms with Crippen molar-refractivity contribution in [1.82, 2.24) is 10.2 Å². The topological polar surface area (TPSA) is 15.3 Å². The predicted octanol–water partition coefficient (Wildman–Crippen LogP) is 3.06. The van der Waals surface area contributed by atoms with E-state index in [1.165, 1.54) is 6.07 Å². The first-order valence-electron chi connectivity index (χ1n) is 6.44. The molecule has 0 saturated carbocycles. The van der Waals surface area contributed by atoms with Crippen molar-refractivity contribution in [3.05, 3.63) is 35.6 Å². The average molecular weight is 252 g/mol. The fourth-order valence-electron chi connectivity index (χ4n) is 2.24. The summed E-state index contributed by atoms with van der Waals surface area (Å²) in [7, 11) is 4.16. The second-order valence-electron chi connectivity index (χ2n) is 6.06. The molecular weight excluding hydrogens is 227 g/mol. The number of nitrogens with one attached hydrogen (secondary N) is 1. The van der Waals surface area contributed by atoms with Crippen LogP contribution in [-0.4, -0.2) is 32.1 Å². The molecule has 0 aliphatic rings. The molecule has 0 spiro atoms. The Morgan fingerprint density at radius 2 is 2.00 bits per heavy atom. The maximum absolute atomic E-state index is 13.1. The molecule has 1 N–H and O–H groups in total. The molecule has 0 aromatic heterocycles. The van der Waals surface area contributed by atoms with Crippen molar-refractivity contribution in [1.29, 1.82) is 0 Å². The maximum atomic E-state index is 13.1. The van der Waals surface area contributed by atoms with Gasteiger partial charge in [0, 0.05) is 19.1 Å². The van der Waals surface area contributed by atoms with Crippen LogP contribution in [0.25, 0.3) is 0 Å². The first kappa shape index (κ1) is 15.1. The molecule has 18 heavy (non-hydrogen) atoms. The van der Waals surface area contributed by atoms with Crippen molar-refractivity contribution in [3.63, 3.8) is 0 Å². The zero-order chi connectivity index (χ0) is 13.8. The number of hydrogen-bond donors (Lipinski definition) is 1. The molecule has 0 bridgehead atoms. The molecule has 0 amide bonds. The number of nitrogens with zero attached hydrogens (tertiary/aromatic N) is 1. The maximum Gasteiger partial charge on any atom is 0.123 e. The molecule has 0 fully saturated rings. The van der Waals surface area contributed by atoms with Gasteiger partial charge in [0.05, 0.1) is 0 Å². The van der Waals surface area contributed by atoms with Crippen LogP contribution >= 0.6 is 0 Å². The van der Waals surface area contributed by atoms with Crippen LogP contribution in [0.5, 0.6) is 0 Å². The van der Waals surface area contributed by atoms with E-state index in [1.807, 2.05) is 6.07 Å². The number of halogens is 1. The third-order valence-electron chi connectivity index (χ3n) is 2.98. The molecule has 0 heterocycles. The van der Waals surface area contributed by atoms with E-state index in [0.29, 0.717) is 0 Å². The van der Waals surface area contributed by atoms with Gasteiger partial charge in [-0.15, -0.1) is 0 Å². The van der Waals surface area contributed by atoms with Crippen molar-refractivity contribution in [3.8, 4) is 0 Å². The third-order valence-corrected chi connectivity index (χ3v) is 2.98. The smallest absolute Gasteiger partial charge is 0.123 e. The molecule has 1 aromatic carbocycles. The first-order valence-corrected chi connectivity index (χ1v) is 6.44. The minimum Gasteiger partial charge on any atom is -0.310 e. The number of benzene rings is 1. The van der Waals surface area contributed by atoms with E-state index in [4.69, 9.17) is 0 Å². The minimum atomic E-state index is -0.172. The van der Waals surface area contributed by atoms with Crippen LogP contribution in [0.1, 0.15) is 32.4 Å². The fraction of sp³-hybridized carbons (Fsp3) is 0.600. The summed E-state index contributed by atoms with van der Waals surface area (Å²) in [6.45, 7) is 8.47. The van der Waals surface area contributed by atoms with Crippen molar-refractivity contribution in [2.45, 2.75) is 26.8 Å². The third kappa shape index (κ3) is 5.15. The summed E-state index contributed by atoms with van der Waals surface area (Å²) >= 11 is 0. The van der Waals surface area contributed by atoms with Gasteiger partial charge in [-0.1, -0.05) is 26.0 Å². The summed E-state index contributed by atoms with van der Waals surface area (Å²) in [5.74, 6) is -0.172. The Morgan fingerprint density at radius 1 is 1.33 bits per heavy atom. The van der Waals surface area contributed by atoms with Gasteiger partial charge in [-0.25, -0.2) is 4.39 Å². The van der Waals surface area contributed by atoms with Gasteiger partial charge in [0.15, 0.2) is 0 Å². The zero-order valence-electron chi connectivity index (χ0n) is 12.1. The largest absolute Gasteiger partial charge is 0.310 e. The molecule has 102 valence electrons. The Kier molecular flexibility index (Phi) is 5.29. The van der Waals surface area contributed by atoms with Gasteiger partial charge >= 0.3 is 0 Å². The van der Waals surface area contributed by atoms with Crippen molar-refractivity contribution in [2.24, 2.45) is 5.41 Å². The van der Waals surface area contributed by atoms with E-state index in [1.54, 1.807) is 12.1 Å². The average Bonchev–Trinajstić information content (AvgIpc) is 2.24. The SMILES string of the molecule is CC(NCC(C)(C)CN(C)C)c1cccc(F)c1. The van der Waals surface area contributed by atoms with Crippen molar-refractivity contribution >= 4 is 0 Å². The van der Waals surface area contributed by atoms with Gasteiger partial charge in [0.1, 0.15) is 5.82 Å². The summed E-state index contributed by atoms with van der Waals surface area (Å²) < 4.78 is 13.1. The number of hydrogen-bond acceptors (Lipinski definition) is 2. The van der Waals surface area contributed by atoms with Crippen LogP contribution in [0.4, 0.5) is 4.39 Å². The fourth-order valence-corrected chi connectivity index (χ4v) is 2.24. The van der Waals surface area contributed by atoms with Gasteiger partial charge < -0.3 is 10.2 Å². The van der Waals surface area contributed by atoms with Crippen LogP contribution in [0.15, 0.2) is 24.3 Å². The van der Waals surface area contributed by atoms with E-state index < -0.39 is 0 Å². The summed E-state index contributed by atoms with van der Waals surface area (Å²) in [5, 5.41) is 3.48. The van der Waals surface area contributed by atoms with E-state index in [0.717, 1.165) is 18.7 Å². The lowest BCUT2D eigenvalue weighted by Gasteiger charge is -2.30. The molecule has 1 rings (SSSR count). The molecule has 3 heteroatoms. The second-order valence-corrected chi connectivity index (χ2v) is 6.06. The highest BCUT2D eigenvalue weighted by Crippen LogP contribution is 2.18. The molecule has 0 saturated heterocycles. The molecule has 1 unspecified atom stereocenters. The Hall–Kier alpha value is -0.930. The summed E-state index contributed by atoms with van der Waals surface area (Å²) in [5.41, 5.74) is 1.20. The van der Waals surface area contributed by atoms with E-state index in [-0.39, 0.29) is 17.3 Å². The highest BCUT2D eigenvalue weighted by Gasteiger charge is 2.19. The van der Waals surface area contributed by atoms with Gasteiger partial charge in [0.2, 0.25) is 0 Å². The molecular formula is C15H25FN2. The highest BCUT2D eigenvalue weighted by molar-refractivity contribution is 5.19. The van der Waals surface area contributed by atoms with Crippen molar-refractivity contribution in [2.75, 3.05) is 27.2 Å². The Bertz CT molecular complexity index is 375. The lowest BCUT2D eigenvalue weighted by atomic mass is 9.92.